The third-order valence-electron chi connectivity index (χ3n) is 4.63. The van der Waals surface area contributed by atoms with E-state index in [1.54, 1.807) is 12.1 Å². The topological polar surface area (TPSA) is 111 Å². The summed E-state index contributed by atoms with van der Waals surface area (Å²) in [6.45, 7) is 4.71. The first-order valence-corrected chi connectivity index (χ1v) is 11.0. The Labute approximate surface area is 175 Å². The van der Waals surface area contributed by atoms with Crippen LogP contribution in [0.3, 0.4) is 0 Å². The summed E-state index contributed by atoms with van der Waals surface area (Å²) in [7, 11) is -2.07. The molecule has 2 N–H and O–H groups in total. The van der Waals surface area contributed by atoms with Gasteiger partial charge in [0.25, 0.3) is 0 Å². The molecule has 1 amide bonds. The summed E-state index contributed by atoms with van der Waals surface area (Å²) in [4.78, 5) is 12.5. The summed E-state index contributed by atoms with van der Waals surface area (Å²) in [5, 5.41) is 7.72. The van der Waals surface area contributed by atoms with Gasteiger partial charge in [0.2, 0.25) is 15.9 Å². The van der Waals surface area contributed by atoms with Crippen molar-refractivity contribution in [2.45, 2.75) is 31.7 Å². The van der Waals surface area contributed by atoms with E-state index in [1.807, 2.05) is 26.0 Å². The van der Waals surface area contributed by atoms with Crippen molar-refractivity contribution < 1.29 is 22.5 Å². The molecular formula is C21H25N3O5S. The van der Waals surface area contributed by atoms with Crippen LogP contribution in [0.5, 0.6) is 0 Å². The maximum absolute atomic E-state index is 12.4. The molecule has 0 saturated carbocycles. The molecule has 30 heavy (non-hydrogen) atoms. The Morgan fingerprint density at radius 3 is 2.60 bits per heavy atom. The number of rotatable bonds is 9. The second-order valence-corrected chi connectivity index (χ2v) is 8.84. The van der Waals surface area contributed by atoms with Crippen molar-refractivity contribution in [3.63, 3.8) is 0 Å². The van der Waals surface area contributed by atoms with E-state index in [0.717, 1.165) is 22.1 Å². The Morgan fingerprint density at radius 1 is 1.17 bits per heavy atom. The molecule has 3 rings (SSSR count). The SMILES string of the molecule is COCCNS(=O)(=O)c1ccc(CNC(=O)Cc2noc3c(C)cc(C)cc23)cc1. The van der Waals surface area contributed by atoms with Crippen molar-refractivity contribution in [2.24, 2.45) is 0 Å². The molecule has 0 unspecified atom stereocenters. The van der Waals surface area contributed by atoms with E-state index in [9.17, 15) is 13.2 Å². The molecule has 0 fully saturated rings. The van der Waals surface area contributed by atoms with E-state index in [4.69, 9.17) is 9.26 Å². The lowest BCUT2D eigenvalue weighted by Gasteiger charge is -2.08. The summed E-state index contributed by atoms with van der Waals surface area (Å²) < 4.78 is 37.0. The van der Waals surface area contributed by atoms with Gasteiger partial charge in [-0.15, -0.1) is 0 Å². The average molecular weight is 432 g/mol. The van der Waals surface area contributed by atoms with E-state index >= 15 is 0 Å². The lowest BCUT2D eigenvalue weighted by Crippen LogP contribution is -2.27. The number of amides is 1. The highest BCUT2D eigenvalue weighted by Gasteiger charge is 2.15. The number of carbonyl (C=O) groups excluding carboxylic acids is 1. The standard InChI is InChI=1S/C21H25N3O5S/c1-14-10-15(2)21-18(11-14)19(24-29-21)12-20(25)22-13-16-4-6-17(7-5-16)30(26,27)23-8-9-28-3/h4-7,10-11,23H,8-9,12-13H2,1-3H3,(H,22,25). The van der Waals surface area contributed by atoms with Gasteiger partial charge in [-0.1, -0.05) is 23.4 Å². The van der Waals surface area contributed by atoms with Crippen LogP contribution in [-0.2, 0) is 32.5 Å². The van der Waals surface area contributed by atoms with Gasteiger partial charge in [-0.05, 0) is 48.7 Å². The van der Waals surface area contributed by atoms with E-state index in [0.29, 0.717) is 17.9 Å². The van der Waals surface area contributed by atoms with Gasteiger partial charge in [-0.3, -0.25) is 4.79 Å². The van der Waals surface area contributed by atoms with Crippen LogP contribution in [0, 0.1) is 13.8 Å². The molecule has 0 bridgehead atoms. The quantitative estimate of drug-likeness (QED) is 0.503. The number of sulfonamides is 1. The molecule has 0 aliphatic carbocycles. The number of benzene rings is 2. The van der Waals surface area contributed by atoms with Gasteiger partial charge >= 0.3 is 0 Å². The van der Waals surface area contributed by atoms with Crippen LogP contribution in [0.25, 0.3) is 11.0 Å². The first-order valence-electron chi connectivity index (χ1n) is 9.50. The van der Waals surface area contributed by atoms with Crippen LogP contribution in [0.4, 0.5) is 0 Å². The Balaban J connectivity index is 1.59. The zero-order valence-corrected chi connectivity index (χ0v) is 18.0. The van der Waals surface area contributed by atoms with Gasteiger partial charge in [0.15, 0.2) is 5.58 Å². The zero-order valence-electron chi connectivity index (χ0n) is 17.2. The largest absolute Gasteiger partial charge is 0.383 e. The molecule has 0 atom stereocenters. The van der Waals surface area contributed by atoms with Crippen LogP contribution in [0.1, 0.15) is 22.4 Å². The summed E-state index contributed by atoms with van der Waals surface area (Å²) in [5.41, 5.74) is 4.14. The van der Waals surface area contributed by atoms with Crippen molar-refractivity contribution >= 4 is 26.9 Å². The number of aromatic nitrogens is 1. The maximum Gasteiger partial charge on any atom is 0.240 e. The number of fused-ring (bicyclic) bond motifs is 1. The molecule has 2 aromatic carbocycles. The monoisotopic (exact) mass is 431 g/mol. The molecule has 3 aromatic rings. The van der Waals surface area contributed by atoms with Gasteiger partial charge in [0.1, 0.15) is 5.69 Å². The van der Waals surface area contributed by atoms with Crippen LogP contribution >= 0.6 is 0 Å². The number of nitrogens with zero attached hydrogens (tertiary/aromatic N) is 1. The van der Waals surface area contributed by atoms with Crippen LogP contribution in [-0.4, -0.2) is 39.7 Å². The number of hydrogen-bond donors (Lipinski definition) is 2. The molecule has 1 heterocycles. The maximum atomic E-state index is 12.4. The minimum atomic E-state index is -3.58. The molecule has 0 aliphatic heterocycles. The van der Waals surface area contributed by atoms with Gasteiger partial charge in [-0.2, -0.15) is 0 Å². The predicted octanol–water partition coefficient (Wildman–Crippen LogP) is 2.23. The highest BCUT2D eigenvalue weighted by molar-refractivity contribution is 7.89. The van der Waals surface area contributed by atoms with E-state index < -0.39 is 10.0 Å². The first-order chi connectivity index (χ1) is 14.3. The minimum Gasteiger partial charge on any atom is -0.383 e. The second-order valence-electron chi connectivity index (χ2n) is 7.08. The summed E-state index contributed by atoms with van der Waals surface area (Å²) in [6.07, 6.45) is 0.103. The average Bonchev–Trinajstić information content (AvgIpc) is 3.09. The number of methoxy groups -OCH3 is 1. The van der Waals surface area contributed by atoms with E-state index in [2.05, 4.69) is 15.2 Å². The molecular weight excluding hydrogens is 406 g/mol. The predicted molar refractivity (Wildman–Crippen MR) is 113 cm³/mol. The highest BCUT2D eigenvalue weighted by atomic mass is 32.2. The fourth-order valence-corrected chi connectivity index (χ4v) is 4.14. The lowest BCUT2D eigenvalue weighted by molar-refractivity contribution is -0.120. The number of ether oxygens (including phenoxy) is 1. The minimum absolute atomic E-state index is 0.103. The number of aryl methyl sites for hydroxylation is 2. The lowest BCUT2D eigenvalue weighted by atomic mass is 10.1. The normalized spacial score (nSPS) is 11.7. The smallest absolute Gasteiger partial charge is 0.240 e. The fourth-order valence-electron chi connectivity index (χ4n) is 3.13. The van der Waals surface area contributed by atoms with Gasteiger partial charge in [-0.25, -0.2) is 13.1 Å². The molecule has 0 spiro atoms. The molecule has 0 aliphatic rings. The molecule has 9 heteroatoms. The highest BCUT2D eigenvalue weighted by Crippen LogP contribution is 2.24. The Kier molecular flexibility index (Phi) is 6.86. The van der Waals surface area contributed by atoms with Crippen LogP contribution in [0.2, 0.25) is 0 Å². The molecule has 160 valence electrons. The second kappa shape index (κ2) is 9.38. The van der Waals surface area contributed by atoms with Crippen molar-refractivity contribution in [3.8, 4) is 0 Å². The van der Waals surface area contributed by atoms with Crippen molar-refractivity contribution in [1.82, 2.24) is 15.2 Å². The summed E-state index contributed by atoms with van der Waals surface area (Å²) in [6, 6.07) is 10.3. The fraction of sp³-hybridized carbons (Fsp3) is 0.333. The molecule has 1 aromatic heterocycles. The summed E-state index contributed by atoms with van der Waals surface area (Å²) >= 11 is 0. The zero-order chi connectivity index (χ0) is 21.7. The number of carbonyl (C=O) groups is 1. The van der Waals surface area contributed by atoms with Gasteiger partial charge < -0.3 is 14.6 Å². The molecule has 8 nitrogen and oxygen atoms in total. The molecule has 0 radical (unpaired) electrons. The third kappa shape index (κ3) is 5.24. The van der Waals surface area contributed by atoms with E-state index in [1.165, 1.54) is 19.2 Å². The van der Waals surface area contributed by atoms with E-state index in [-0.39, 0.29) is 30.3 Å². The Morgan fingerprint density at radius 2 is 1.90 bits per heavy atom. The van der Waals surface area contributed by atoms with Crippen molar-refractivity contribution in [3.05, 3.63) is 58.8 Å². The van der Waals surface area contributed by atoms with Crippen LogP contribution < -0.4 is 10.0 Å². The van der Waals surface area contributed by atoms with Crippen molar-refractivity contribution in [2.75, 3.05) is 20.3 Å². The Hall–Kier alpha value is -2.75. The first kappa shape index (κ1) is 21.9. The Bertz CT molecular complexity index is 1140. The van der Waals surface area contributed by atoms with Crippen LogP contribution in [0.15, 0.2) is 45.8 Å². The van der Waals surface area contributed by atoms with Gasteiger partial charge in [0, 0.05) is 25.6 Å². The number of nitrogens with one attached hydrogen (secondary N) is 2. The molecule has 0 saturated heterocycles. The van der Waals surface area contributed by atoms with Crippen molar-refractivity contribution in [1.29, 1.82) is 0 Å². The summed E-state index contributed by atoms with van der Waals surface area (Å²) in [5.74, 6) is -0.192. The number of hydrogen-bond acceptors (Lipinski definition) is 6. The third-order valence-corrected chi connectivity index (χ3v) is 6.10. The van der Waals surface area contributed by atoms with Gasteiger partial charge in [0.05, 0.1) is 17.9 Å².